The first kappa shape index (κ1) is 14.1. The minimum atomic E-state index is -0.735. The topological polar surface area (TPSA) is 46.5 Å². The molecule has 0 atom stereocenters. The summed E-state index contributed by atoms with van der Waals surface area (Å²) in [5.41, 5.74) is 1.98. The van der Waals surface area contributed by atoms with E-state index in [9.17, 15) is 9.90 Å². The van der Waals surface area contributed by atoms with Crippen molar-refractivity contribution in [3.63, 3.8) is 0 Å². The zero-order valence-electron chi connectivity index (χ0n) is 12.2. The Morgan fingerprint density at radius 2 is 2.05 bits per heavy atom. The van der Waals surface area contributed by atoms with Crippen LogP contribution in [0.5, 0.6) is 0 Å². The second-order valence-corrected chi connectivity index (χ2v) is 7.91. The third-order valence-electron chi connectivity index (χ3n) is 4.61. The van der Waals surface area contributed by atoms with E-state index < -0.39 is 5.97 Å². The van der Waals surface area contributed by atoms with Gasteiger partial charge in [0.1, 0.15) is 0 Å². The molecule has 110 valence electrons. The highest BCUT2D eigenvalue weighted by molar-refractivity contribution is 7.12. The van der Waals surface area contributed by atoms with E-state index >= 15 is 0 Å². The summed E-state index contributed by atoms with van der Waals surface area (Å²) in [7, 11) is 0. The van der Waals surface area contributed by atoms with Crippen molar-refractivity contribution in [1.82, 2.24) is 0 Å². The van der Waals surface area contributed by atoms with Gasteiger partial charge < -0.3 is 9.84 Å². The molecule has 1 aromatic rings. The molecule has 0 amide bonds. The summed E-state index contributed by atoms with van der Waals surface area (Å²) in [5, 5.41) is 9.69. The van der Waals surface area contributed by atoms with Crippen molar-refractivity contribution in [2.24, 2.45) is 5.41 Å². The Morgan fingerprint density at radius 1 is 1.35 bits per heavy atom. The zero-order chi connectivity index (χ0) is 14.3. The quantitative estimate of drug-likeness (QED) is 0.901. The van der Waals surface area contributed by atoms with Gasteiger partial charge in [0.25, 0.3) is 0 Å². The van der Waals surface area contributed by atoms with Crippen molar-refractivity contribution in [3.8, 4) is 0 Å². The number of aromatic carboxylic acids is 1. The Labute approximate surface area is 124 Å². The van der Waals surface area contributed by atoms with Gasteiger partial charge in [0, 0.05) is 23.0 Å². The molecular formula is C16H22O3S. The summed E-state index contributed by atoms with van der Waals surface area (Å²) in [4.78, 5) is 14.2. The van der Waals surface area contributed by atoms with Crippen LogP contribution >= 0.6 is 11.3 Å². The smallest absolute Gasteiger partial charge is 0.337 e. The average molecular weight is 294 g/mol. The van der Waals surface area contributed by atoms with Crippen LogP contribution in [0.2, 0.25) is 0 Å². The second-order valence-electron chi connectivity index (χ2n) is 6.78. The standard InChI is InChI=1S/C16H22O3S/c1-16(2)6-3-12-11(9-16)13(15(17)18)14(20-12)10-4-7-19-8-5-10/h10H,3-9H2,1-2H3,(H,17,18). The Hall–Kier alpha value is -0.870. The van der Waals surface area contributed by atoms with Crippen LogP contribution in [0.1, 0.15) is 64.7 Å². The van der Waals surface area contributed by atoms with E-state index in [1.165, 1.54) is 4.88 Å². The molecule has 0 unspecified atom stereocenters. The maximum atomic E-state index is 11.8. The average Bonchev–Trinajstić information content (AvgIpc) is 2.77. The van der Waals surface area contributed by atoms with E-state index in [2.05, 4.69) is 13.8 Å². The summed E-state index contributed by atoms with van der Waals surface area (Å²) < 4.78 is 5.41. The van der Waals surface area contributed by atoms with Gasteiger partial charge in [0.15, 0.2) is 0 Å². The molecule has 2 heterocycles. The molecule has 1 saturated heterocycles. The number of ether oxygens (including phenoxy) is 1. The number of rotatable bonds is 2. The van der Waals surface area contributed by atoms with Crippen LogP contribution in [0, 0.1) is 5.41 Å². The maximum absolute atomic E-state index is 11.8. The van der Waals surface area contributed by atoms with Crippen molar-refractivity contribution in [2.75, 3.05) is 13.2 Å². The molecule has 3 nitrogen and oxygen atoms in total. The zero-order valence-corrected chi connectivity index (χ0v) is 13.0. The number of carboxylic acids is 1. The summed E-state index contributed by atoms with van der Waals surface area (Å²) >= 11 is 1.76. The van der Waals surface area contributed by atoms with Crippen LogP contribution in [0.4, 0.5) is 0 Å². The first-order valence-corrected chi connectivity index (χ1v) is 8.25. The molecule has 1 aliphatic heterocycles. The predicted octanol–water partition coefficient (Wildman–Crippen LogP) is 3.86. The van der Waals surface area contributed by atoms with Crippen molar-refractivity contribution in [2.45, 2.75) is 51.9 Å². The van der Waals surface area contributed by atoms with Crippen molar-refractivity contribution >= 4 is 17.3 Å². The number of fused-ring (bicyclic) bond motifs is 1. The minimum Gasteiger partial charge on any atom is -0.478 e. The molecule has 0 spiro atoms. The summed E-state index contributed by atoms with van der Waals surface area (Å²) in [6, 6.07) is 0. The van der Waals surface area contributed by atoms with Crippen molar-refractivity contribution in [1.29, 1.82) is 0 Å². The Morgan fingerprint density at radius 3 is 2.70 bits per heavy atom. The van der Waals surface area contributed by atoms with Gasteiger partial charge in [0.2, 0.25) is 0 Å². The molecule has 4 heteroatoms. The van der Waals surface area contributed by atoms with E-state index in [-0.39, 0.29) is 5.41 Å². The molecule has 1 aliphatic carbocycles. The Bertz CT molecular complexity index is 524. The van der Waals surface area contributed by atoms with Gasteiger partial charge >= 0.3 is 5.97 Å². The minimum absolute atomic E-state index is 0.227. The first-order chi connectivity index (χ1) is 9.48. The van der Waals surface area contributed by atoms with Gasteiger partial charge in [-0.25, -0.2) is 4.79 Å². The lowest BCUT2D eigenvalue weighted by molar-refractivity contribution is 0.0685. The second kappa shape index (κ2) is 5.15. The highest BCUT2D eigenvalue weighted by Gasteiger charge is 2.34. The molecular weight excluding hydrogens is 272 g/mol. The van der Waals surface area contributed by atoms with E-state index in [1.807, 2.05) is 0 Å². The van der Waals surface area contributed by atoms with Crippen LogP contribution < -0.4 is 0 Å². The number of hydrogen-bond acceptors (Lipinski definition) is 3. The lowest BCUT2D eigenvalue weighted by atomic mass is 9.75. The highest BCUT2D eigenvalue weighted by Crippen LogP contribution is 2.45. The van der Waals surface area contributed by atoms with Gasteiger partial charge in [-0.3, -0.25) is 0 Å². The fraction of sp³-hybridized carbons (Fsp3) is 0.688. The van der Waals surface area contributed by atoms with Gasteiger partial charge in [0.05, 0.1) is 5.56 Å². The molecule has 0 radical (unpaired) electrons. The normalized spacial score (nSPS) is 22.5. The van der Waals surface area contributed by atoms with Gasteiger partial charge in [-0.15, -0.1) is 11.3 Å². The fourth-order valence-electron chi connectivity index (χ4n) is 3.42. The highest BCUT2D eigenvalue weighted by atomic mass is 32.1. The molecule has 2 aliphatic rings. The Kier molecular flexibility index (Phi) is 3.63. The third kappa shape index (κ3) is 2.51. The van der Waals surface area contributed by atoms with Crippen LogP contribution in [-0.2, 0) is 17.6 Å². The fourth-order valence-corrected chi connectivity index (χ4v) is 4.90. The summed E-state index contributed by atoms with van der Waals surface area (Å²) in [5.74, 6) is -0.352. The van der Waals surface area contributed by atoms with Gasteiger partial charge in [-0.2, -0.15) is 0 Å². The van der Waals surface area contributed by atoms with Crippen LogP contribution in [-0.4, -0.2) is 24.3 Å². The third-order valence-corrected chi connectivity index (χ3v) is 6.06. The SMILES string of the molecule is CC1(C)CCc2sc(C3CCOCC3)c(C(=O)O)c2C1. The van der Waals surface area contributed by atoms with E-state index in [0.717, 1.165) is 55.8 Å². The Balaban J connectivity index is 2.02. The number of thiophene rings is 1. The van der Waals surface area contributed by atoms with E-state index in [0.29, 0.717) is 11.5 Å². The van der Waals surface area contributed by atoms with Gasteiger partial charge in [-0.05, 0) is 49.0 Å². The summed E-state index contributed by atoms with van der Waals surface area (Å²) in [6.45, 7) is 6.01. The first-order valence-electron chi connectivity index (χ1n) is 7.43. The number of aryl methyl sites for hydroxylation is 1. The van der Waals surface area contributed by atoms with Crippen molar-refractivity contribution in [3.05, 3.63) is 20.9 Å². The largest absolute Gasteiger partial charge is 0.478 e. The molecule has 1 aromatic heterocycles. The summed E-state index contributed by atoms with van der Waals surface area (Å²) in [6.07, 6.45) is 5.03. The van der Waals surface area contributed by atoms with Crippen LogP contribution in [0.25, 0.3) is 0 Å². The maximum Gasteiger partial charge on any atom is 0.337 e. The molecule has 0 saturated carbocycles. The van der Waals surface area contributed by atoms with E-state index in [1.54, 1.807) is 11.3 Å². The molecule has 20 heavy (non-hydrogen) atoms. The van der Waals surface area contributed by atoms with E-state index in [4.69, 9.17) is 4.74 Å². The van der Waals surface area contributed by atoms with Crippen LogP contribution in [0.3, 0.4) is 0 Å². The molecule has 1 N–H and O–H groups in total. The lowest BCUT2D eigenvalue weighted by Gasteiger charge is -2.29. The monoisotopic (exact) mass is 294 g/mol. The van der Waals surface area contributed by atoms with Crippen molar-refractivity contribution < 1.29 is 14.6 Å². The number of carbonyl (C=O) groups is 1. The molecule has 1 fully saturated rings. The van der Waals surface area contributed by atoms with Gasteiger partial charge in [-0.1, -0.05) is 13.8 Å². The number of carboxylic acid groups (broad SMARTS) is 1. The van der Waals surface area contributed by atoms with Crippen LogP contribution in [0.15, 0.2) is 0 Å². The molecule has 0 aromatic carbocycles. The number of hydrogen-bond donors (Lipinski definition) is 1. The predicted molar refractivity (Wildman–Crippen MR) is 79.9 cm³/mol. The molecule has 0 bridgehead atoms. The molecule has 3 rings (SSSR count). The lowest BCUT2D eigenvalue weighted by Crippen LogP contribution is -2.23.